The number of piperidine rings is 1. The lowest BCUT2D eigenvalue weighted by Crippen LogP contribution is -2.40. The van der Waals surface area contributed by atoms with Gasteiger partial charge >= 0.3 is 0 Å². The molecule has 0 aromatic heterocycles. The van der Waals surface area contributed by atoms with Crippen LogP contribution in [0.4, 0.5) is 5.69 Å². The van der Waals surface area contributed by atoms with Crippen molar-refractivity contribution in [3.05, 3.63) is 59.7 Å². The molecule has 0 spiro atoms. The van der Waals surface area contributed by atoms with Gasteiger partial charge in [-0.3, -0.25) is 9.59 Å². The first-order valence-electron chi connectivity index (χ1n) is 9.64. The van der Waals surface area contributed by atoms with E-state index in [0.717, 1.165) is 5.56 Å². The topological polar surface area (TPSA) is 78.9 Å². The fourth-order valence-corrected chi connectivity index (χ4v) is 3.24. The molecular formula is C22H26N2O4. The molecule has 148 valence electrons. The second-order valence-corrected chi connectivity index (χ2v) is 6.87. The molecule has 2 aromatic rings. The number of hydrogen-bond donors (Lipinski definition) is 2. The Hall–Kier alpha value is -2.86. The van der Waals surface area contributed by atoms with Crippen LogP contribution < -0.4 is 10.1 Å². The van der Waals surface area contributed by atoms with Crippen molar-refractivity contribution >= 4 is 17.5 Å². The summed E-state index contributed by atoms with van der Waals surface area (Å²) < 4.78 is 5.50. The minimum Gasteiger partial charge on any atom is -0.493 e. The smallest absolute Gasteiger partial charge is 0.259 e. The van der Waals surface area contributed by atoms with Crippen molar-refractivity contribution in [1.82, 2.24) is 4.90 Å². The van der Waals surface area contributed by atoms with Crippen LogP contribution in [-0.4, -0.2) is 47.6 Å². The van der Waals surface area contributed by atoms with Crippen molar-refractivity contribution < 1.29 is 19.4 Å². The molecule has 0 unspecified atom stereocenters. The lowest BCUT2D eigenvalue weighted by Gasteiger charge is -2.29. The van der Waals surface area contributed by atoms with E-state index in [9.17, 15) is 14.7 Å². The van der Waals surface area contributed by atoms with Crippen molar-refractivity contribution in [1.29, 1.82) is 0 Å². The summed E-state index contributed by atoms with van der Waals surface area (Å²) in [4.78, 5) is 26.7. The summed E-state index contributed by atoms with van der Waals surface area (Å²) >= 11 is 0. The number of likely N-dealkylation sites (tertiary alicyclic amines) is 1. The van der Waals surface area contributed by atoms with E-state index in [-0.39, 0.29) is 17.9 Å². The third-order valence-corrected chi connectivity index (χ3v) is 4.82. The molecule has 2 N–H and O–H groups in total. The van der Waals surface area contributed by atoms with Gasteiger partial charge < -0.3 is 20.1 Å². The predicted octanol–water partition coefficient (Wildman–Crippen LogP) is 2.86. The lowest BCUT2D eigenvalue weighted by atomic mass is 10.1. The molecule has 28 heavy (non-hydrogen) atoms. The highest BCUT2D eigenvalue weighted by molar-refractivity contribution is 6.06. The van der Waals surface area contributed by atoms with E-state index < -0.39 is 0 Å². The van der Waals surface area contributed by atoms with E-state index in [1.165, 1.54) is 0 Å². The Morgan fingerprint density at radius 3 is 2.46 bits per heavy atom. The third kappa shape index (κ3) is 5.10. The summed E-state index contributed by atoms with van der Waals surface area (Å²) in [5.74, 6) is 0.380. The maximum atomic E-state index is 12.5. The number of aliphatic hydroxyl groups is 1. The molecule has 0 atom stereocenters. The van der Waals surface area contributed by atoms with Gasteiger partial charge in [0.25, 0.3) is 5.91 Å². The maximum absolute atomic E-state index is 12.5. The molecule has 6 nitrogen and oxygen atoms in total. The van der Waals surface area contributed by atoms with Crippen molar-refractivity contribution in [2.75, 3.05) is 25.0 Å². The summed E-state index contributed by atoms with van der Waals surface area (Å²) in [5, 5.41) is 12.4. The van der Waals surface area contributed by atoms with Gasteiger partial charge in [0.05, 0.1) is 24.7 Å². The zero-order chi connectivity index (χ0) is 19.9. The molecule has 0 radical (unpaired) electrons. The highest BCUT2D eigenvalue weighted by atomic mass is 16.5. The summed E-state index contributed by atoms with van der Waals surface area (Å²) in [6.07, 6.45) is 1.30. The second-order valence-electron chi connectivity index (χ2n) is 6.87. The van der Waals surface area contributed by atoms with E-state index >= 15 is 0 Å². The molecule has 2 amide bonds. The first-order valence-corrected chi connectivity index (χ1v) is 9.64. The quantitative estimate of drug-likeness (QED) is 0.805. The van der Waals surface area contributed by atoms with Gasteiger partial charge in [0, 0.05) is 18.8 Å². The normalized spacial score (nSPS) is 14.6. The van der Waals surface area contributed by atoms with Gasteiger partial charge in [-0.25, -0.2) is 0 Å². The van der Waals surface area contributed by atoms with Gasteiger partial charge in [0.2, 0.25) is 5.91 Å². The number of ether oxygens (including phenoxy) is 1. The summed E-state index contributed by atoms with van der Waals surface area (Å²) in [6.45, 7) is 3.57. The molecule has 1 aliphatic heterocycles. The number of aliphatic hydroxyl groups excluding tert-OH is 1. The number of amides is 2. The Morgan fingerprint density at radius 2 is 1.79 bits per heavy atom. The number of benzene rings is 2. The maximum Gasteiger partial charge on any atom is 0.259 e. The first kappa shape index (κ1) is 19.9. The average Bonchev–Trinajstić information content (AvgIpc) is 2.70. The average molecular weight is 382 g/mol. The number of para-hydroxylation sites is 1. The molecule has 6 heteroatoms. The molecule has 1 aliphatic rings. The highest BCUT2D eigenvalue weighted by Gasteiger charge is 2.21. The van der Waals surface area contributed by atoms with Crippen LogP contribution in [0.3, 0.4) is 0 Å². The second kappa shape index (κ2) is 9.37. The zero-order valence-corrected chi connectivity index (χ0v) is 16.1. The minimum atomic E-state index is -0.292. The van der Waals surface area contributed by atoms with Crippen LogP contribution in [0, 0.1) is 0 Å². The molecular weight excluding hydrogens is 356 g/mol. The van der Waals surface area contributed by atoms with Gasteiger partial charge in [0.15, 0.2) is 0 Å². The molecule has 3 rings (SSSR count). The van der Waals surface area contributed by atoms with Crippen LogP contribution in [0.15, 0.2) is 48.5 Å². The predicted molar refractivity (Wildman–Crippen MR) is 108 cm³/mol. The number of nitrogens with zero attached hydrogens (tertiary/aromatic N) is 1. The summed E-state index contributed by atoms with van der Waals surface area (Å²) in [5.41, 5.74) is 2.04. The number of rotatable bonds is 6. The van der Waals surface area contributed by atoms with Crippen molar-refractivity contribution in [2.24, 2.45) is 0 Å². The SMILES string of the molecule is CCOc1ccccc1C(=O)Nc1ccc(CC(=O)N2CCC(O)CC2)cc1. The Balaban J connectivity index is 1.58. The van der Waals surface area contributed by atoms with Crippen LogP contribution >= 0.6 is 0 Å². The molecule has 1 fully saturated rings. The van der Waals surface area contributed by atoms with E-state index in [1.54, 1.807) is 35.2 Å². The van der Waals surface area contributed by atoms with Crippen LogP contribution in [0.5, 0.6) is 5.75 Å². The monoisotopic (exact) mass is 382 g/mol. The van der Waals surface area contributed by atoms with Gasteiger partial charge in [-0.1, -0.05) is 24.3 Å². The fraction of sp³-hybridized carbons (Fsp3) is 0.364. The van der Waals surface area contributed by atoms with E-state index in [2.05, 4.69) is 5.32 Å². The molecule has 2 aromatic carbocycles. The van der Waals surface area contributed by atoms with E-state index in [4.69, 9.17) is 4.74 Å². The summed E-state index contributed by atoms with van der Waals surface area (Å²) in [6, 6.07) is 14.4. The Morgan fingerprint density at radius 1 is 1.11 bits per heavy atom. The van der Waals surface area contributed by atoms with E-state index in [1.807, 2.05) is 25.1 Å². The highest BCUT2D eigenvalue weighted by Crippen LogP contribution is 2.20. The zero-order valence-electron chi connectivity index (χ0n) is 16.1. The molecule has 1 saturated heterocycles. The number of carbonyl (C=O) groups is 2. The van der Waals surface area contributed by atoms with Crippen molar-refractivity contribution in [3.8, 4) is 5.75 Å². The Kier molecular flexibility index (Phi) is 6.66. The Bertz CT molecular complexity index is 812. The third-order valence-electron chi connectivity index (χ3n) is 4.82. The number of nitrogens with one attached hydrogen (secondary N) is 1. The van der Waals surface area contributed by atoms with Gasteiger partial charge in [-0.05, 0) is 49.6 Å². The number of hydrogen-bond acceptors (Lipinski definition) is 4. The fourth-order valence-electron chi connectivity index (χ4n) is 3.24. The van der Waals surface area contributed by atoms with Crippen LogP contribution in [-0.2, 0) is 11.2 Å². The molecule has 0 bridgehead atoms. The molecule has 1 heterocycles. The van der Waals surface area contributed by atoms with Crippen LogP contribution in [0.1, 0.15) is 35.7 Å². The molecule has 0 saturated carbocycles. The first-order chi connectivity index (χ1) is 13.6. The lowest BCUT2D eigenvalue weighted by molar-refractivity contribution is -0.132. The van der Waals surface area contributed by atoms with Crippen LogP contribution in [0.25, 0.3) is 0 Å². The summed E-state index contributed by atoms with van der Waals surface area (Å²) in [7, 11) is 0. The Labute approximate surface area is 165 Å². The number of carbonyl (C=O) groups excluding carboxylic acids is 2. The minimum absolute atomic E-state index is 0.0642. The van der Waals surface area contributed by atoms with E-state index in [0.29, 0.717) is 56.0 Å². The van der Waals surface area contributed by atoms with Gasteiger partial charge in [-0.15, -0.1) is 0 Å². The standard InChI is InChI=1S/C22H26N2O4/c1-2-28-20-6-4-3-5-19(20)22(27)23-17-9-7-16(8-10-17)15-21(26)24-13-11-18(25)12-14-24/h3-10,18,25H,2,11-15H2,1H3,(H,23,27). The van der Waals surface area contributed by atoms with Gasteiger partial charge in [0.1, 0.15) is 5.75 Å². The largest absolute Gasteiger partial charge is 0.493 e. The number of anilines is 1. The van der Waals surface area contributed by atoms with Crippen molar-refractivity contribution in [3.63, 3.8) is 0 Å². The van der Waals surface area contributed by atoms with Crippen LogP contribution in [0.2, 0.25) is 0 Å². The van der Waals surface area contributed by atoms with Crippen molar-refractivity contribution in [2.45, 2.75) is 32.3 Å². The van der Waals surface area contributed by atoms with Gasteiger partial charge in [-0.2, -0.15) is 0 Å². The molecule has 0 aliphatic carbocycles.